The van der Waals surface area contributed by atoms with E-state index in [0.29, 0.717) is 22.9 Å². The first-order chi connectivity index (χ1) is 12.1. The van der Waals surface area contributed by atoms with E-state index in [1.54, 1.807) is 40.9 Å². The first-order valence-electron chi connectivity index (χ1n) is 7.70. The van der Waals surface area contributed by atoms with Crippen molar-refractivity contribution >= 4 is 40.2 Å². The summed E-state index contributed by atoms with van der Waals surface area (Å²) in [5.74, 6) is 0.325. The smallest absolute Gasteiger partial charge is 0.255 e. The zero-order valence-corrected chi connectivity index (χ0v) is 16.2. The van der Waals surface area contributed by atoms with Gasteiger partial charge in [-0.3, -0.25) is 4.79 Å². The van der Waals surface area contributed by atoms with Crippen LogP contribution in [0.3, 0.4) is 0 Å². The standard InChI is InChI=1S/C18H17ClN2O2S2/c1-11-21-15(10-24-11)17-6-4-13(25-17)7-8-20-18(22)14-9-12(19)3-5-16(14)23-2/h3-6,9-10H,7-8H2,1-2H3,(H,20,22). The molecule has 3 aromatic rings. The Bertz CT molecular complexity index is 889. The van der Waals surface area contributed by atoms with Crippen molar-refractivity contribution in [2.24, 2.45) is 0 Å². The highest BCUT2D eigenvalue weighted by atomic mass is 35.5. The van der Waals surface area contributed by atoms with Crippen LogP contribution >= 0.6 is 34.3 Å². The fourth-order valence-corrected chi connectivity index (χ4v) is 4.21. The van der Waals surface area contributed by atoms with Crippen molar-refractivity contribution in [1.82, 2.24) is 10.3 Å². The van der Waals surface area contributed by atoms with Crippen LogP contribution in [-0.4, -0.2) is 24.5 Å². The van der Waals surface area contributed by atoms with Gasteiger partial charge < -0.3 is 10.1 Å². The van der Waals surface area contributed by atoms with Gasteiger partial charge >= 0.3 is 0 Å². The first kappa shape index (κ1) is 17.9. The van der Waals surface area contributed by atoms with Gasteiger partial charge in [0.05, 0.1) is 28.3 Å². The fourth-order valence-electron chi connectivity index (χ4n) is 2.38. The van der Waals surface area contributed by atoms with Gasteiger partial charge in [0.15, 0.2) is 0 Å². The first-order valence-corrected chi connectivity index (χ1v) is 9.77. The topological polar surface area (TPSA) is 51.2 Å². The summed E-state index contributed by atoms with van der Waals surface area (Å²) in [5.41, 5.74) is 1.46. The van der Waals surface area contributed by atoms with E-state index in [4.69, 9.17) is 16.3 Å². The molecule has 1 N–H and O–H groups in total. The minimum absolute atomic E-state index is 0.189. The van der Waals surface area contributed by atoms with Gasteiger partial charge in [-0.05, 0) is 43.7 Å². The number of ether oxygens (including phenoxy) is 1. The molecule has 0 atom stereocenters. The van der Waals surface area contributed by atoms with E-state index in [0.717, 1.165) is 22.0 Å². The molecule has 0 aliphatic carbocycles. The number of amides is 1. The normalized spacial score (nSPS) is 10.7. The van der Waals surface area contributed by atoms with Crippen molar-refractivity contribution in [1.29, 1.82) is 0 Å². The maximum atomic E-state index is 12.3. The van der Waals surface area contributed by atoms with Gasteiger partial charge in [0.25, 0.3) is 5.91 Å². The molecule has 0 spiro atoms. The third-order valence-electron chi connectivity index (χ3n) is 3.60. The average Bonchev–Trinajstić information content (AvgIpc) is 3.23. The number of halogens is 1. The van der Waals surface area contributed by atoms with Gasteiger partial charge in [-0.2, -0.15) is 0 Å². The number of hydrogen-bond acceptors (Lipinski definition) is 5. The summed E-state index contributed by atoms with van der Waals surface area (Å²) in [5, 5.41) is 6.56. The second-order valence-electron chi connectivity index (χ2n) is 5.37. The molecular weight excluding hydrogens is 376 g/mol. The fraction of sp³-hybridized carbons (Fsp3) is 0.222. The zero-order chi connectivity index (χ0) is 17.8. The zero-order valence-electron chi connectivity index (χ0n) is 13.8. The van der Waals surface area contributed by atoms with E-state index in [1.165, 1.54) is 12.0 Å². The summed E-state index contributed by atoms with van der Waals surface area (Å²) in [4.78, 5) is 19.2. The van der Waals surface area contributed by atoms with Crippen LogP contribution in [-0.2, 0) is 6.42 Å². The number of thiophene rings is 1. The number of thiazole rings is 1. The van der Waals surface area contributed by atoms with Crippen molar-refractivity contribution in [3.05, 3.63) is 56.2 Å². The van der Waals surface area contributed by atoms with Crippen LogP contribution in [0.2, 0.25) is 5.02 Å². The number of hydrogen-bond donors (Lipinski definition) is 1. The molecule has 0 bridgehead atoms. The largest absolute Gasteiger partial charge is 0.496 e. The molecule has 0 saturated heterocycles. The summed E-state index contributed by atoms with van der Waals surface area (Å²) in [6, 6.07) is 9.17. The molecule has 0 saturated carbocycles. The van der Waals surface area contributed by atoms with Gasteiger partial charge in [-0.1, -0.05) is 11.6 Å². The van der Waals surface area contributed by atoms with E-state index in [9.17, 15) is 4.79 Å². The van der Waals surface area contributed by atoms with Crippen LogP contribution in [0.4, 0.5) is 0 Å². The van der Waals surface area contributed by atoms with Crippen LogP contribution in [0.15, 0.2) is 35.7 Å². The van der Waals surface area contributed by atoms with E-state index < -0.39 is 0 Å². The third-order valence-corrected chi connectivity index (χ3v) is 5.77. The number of nitrogens with zero attached hydrogens (tertiary/aromatic N) is 1. The minimum atomic E-state index is -0.189. The highest BCUT2D eigenvalue weighted by molar-refractivity contribution is 7.16. The Labute approximate surface area is 159 Å². The number of benzene rings is 1. The molecule has 0 radical (unpaired) electrons. The molecule has 2 heterocycles. The summed E-state index contributed by atoms with van der Waals surface area (Å²) < 4.78 is 5.22. The predicted molar refractivity (Wildman–Crippen MR) is 104 cm³/mol. The number of rotatable bonds is 6. The summed E-state index contributed by atoms with van der Waals surface area (Å²) in [7, 11) is 1.54. The van der Waals surface area contributed by atoms with Crippen molar-refractivity contribution in [3.63, 3.8) is 0 Å². The number of carbonyl (C=O) groups excluding carboxylic acids is 1. The molecule has 1 aromatic carbocycles. The number of nitrogens with one attached hydrogen (secondary N) is 1. The number of aryl methyl sites for hydroxylation is 1. The lowest BCUT2D eigenvalue weighted by Gasteiger charge is -2.09. The van der Waals surface area contributed by atoms with Crippen molar-refractivity contribution in [2.75, 3.05) is 13.7 Å². The van der Waals surface area contributed by atoms with Crippen LogP contribution in [0.1, 0.15) is 20.2 Å². The Morgan fingerprint density at radius 1 is 1.32 bits per heavy atom. The summed E-state index contributed by atoms with van der Waals surface area (Å²) in [6.07, 6.45) is 0.766. The third kappa shape index (κ3) is 4.39. The number of carbonyl (C=O) groups is 1. The van der Waals surface area contributed by atoms with Gasteiger partial charge in [0.2, 0.25) is 0 Å². The second-order valence-corrected chi connectivity index (χ2v) is 8.04. The van der Waals surface area contributed by atoms with Crippen molar-refractivity contribution in [2.45, 2.75) is 13.3 Å². The molecule has 0 fully saturated rings. The van der Waals surface area contributed by atoms with Gasteiger partial charge in [0.1, 0.15) is 5.75 Å². The lowest BCUT2D eigenvalue weighted by Crippen LogP contribution is -2.26. The van der Waals surface area contributed by atoms with Gasteiger partial charge in [-0.15, -0.1) is 22.7 Å². The monoisotopic (exact) mass is 392 g/mol. The van der Waals surface area contributed by atoms with Crippen LogP contribution < -0.4 is 10.1 Å². The summed E-state index contributed by atoms with van der Waals surface area (Å²) in [6.45, 7) is 2.55. The quantitative estimate of drug-likeness (QED) is 0.654. The maximum Gasteiger partial charge on any atom is 0.255 e. The highest BCUT2D eigenvalue weighted by Crippen LogP contribution is 2.29. The minimum Gasteiger partial charge on any atom is -0.496 e. The molecule has 1 amide bonds. The molecule has 3 rings (SSSR count). The Morgan fingerprint density at radius 3 is 2.88 bits per heavy atom. The van der Waals surface area contributed by atoms with E-state index >= 15 is 0 Å². The van der Waals surface area contributed by atoms with E-state index in [2.05, 4.69) is 27.8 Å². The Hall–Kier alpha value is -1.89. The molecule has 0 aliphatic rings. The molecule has 0 unspecified atom stereocenters. The lowest BCUT2D eigenvalue weighted by atomic mass is 10.2. The number of methoxy groups -OCH3 is 1. The Balaban J connectivity index is 1.59. The molecule has 25 heavy (non-hydrogen) atoms. The molecule has 2 aromatic heterocycles. The van der Waals surface area contributed by atoms with Crippen molar-refractivity contribution < 1.29 is 9.53 Å². The summed E-state index contributed by atoms with van der Waals surface area (Å²) >= 11 is 9.32. The van der Waals surface area contributed by atoms with Crippen LogP contribution in [0.25, 0.3) is 10.6 Å². The SMILES string of the molecule is COc1ccc(Cl)cc1C(=O)NCCc1ccc(-c2csc(C)n2)s1. The molecule has 0 aliphatic heterocycles. The second kappa shape index (κ2) is 7.99. The Kier molecular flexibility index (Phi) is 5.73. The lowest BCUT2D eigenvalue weighted by molar-refractivity contribution is 0.0951. The van der Waals surface area contributed by atoms with Gasteiger partial charge in [0, 0.05) is 21.8 Å². The predicted octanol–water partition coefficient (Wildman–Crippen LogP) is 4.81. The molecule has 130 valence electrons. The Morgan fingerprint density at radius 2 is 2.16 bits per heavy atom. The number of aromatic nitrogens is 1. The van der Waals surface area contributed by atoms with Gasteiger partial charge in [-0.25, -0.2) is 4.98 Å². The van der Waals surface area contributed by atoms with Crippen LogP contribution in [0.5, 0.6) is 5.75 Å². The molecule has 7 heteroatoms. The van der Waals surface area contributed by atoms with E-state index in [-0.39, 0.29) is 5.91 Å². The van der Waals surface area contributed by atoms with Crippen LogP contribution in [0, 0.1) is 6.92 Å². The average molecular weight is 393 g/mol. The van der Waals surface area contributed by atoms with E-state index in [1.807, 2.05) is 6.92 Å². The molecule has 4 nitrogen and oxygen atoms in total. The molecular formula is C18H17ClN2O2S2. The maximum absolute atomic E-state index is 12.3. The van der Waals surface area contributed by atoms with Crippen molar-refractivity contribution in [3.8, 4) is 16.3 Å². The highest BCUT2D eigenvalue weighted by Gasteiger charge is 2.13.